The summed E-state index contributed by atoms with van der Waals surface area (Å²) in [7, 11) is 0. The fraction of sp³-hybridized carbons (Fsp3) is 0.312. The lowest BCUT2D eigenvalue weighted by Gasteiger charge is -2.23. The summed E-state index contributed by atoms with van der Waals surface area (Å²) in [6, 6.07) is 3.44. The second kappa shape index (κ2) is 5.79. The molecule has 0 amide bonds. The number of esters is 1. The summed E-state index contributed by atoms with van der Waals surface area (Å²) in [4.78, 5) is 40.7. The van der Waals surface area contributed by atoms with Gasteiger partial charge in [-0.05, 0) is 32.9 Å². The van der Waals surface area contributed by atoms with Crippen molar-refractivity contribution < 1.29 is 13.9 Å². The van der Waals surface area contributed by atoms with Crippen LogP contribution in [0.2, 0.25) is 0 Å². The van der Waals surface area contributed by atoms with Gasteiger partial charge in [0.25, 0.3) is 5.56 Å². The molecule has 0 aliphatic rings. The molecule has 0 aliphatic carbocycles. The van der Waals surface area contributed by atoms with E-state index in [1.807, 2.05) is 0 Å². The Hall–Kier alpha value is -2.61. The molecule has 1 N–H and O–H groups in total. The van der Waals surface area contributed by atoms with Gasteiger partial charge in [0.2, 0.25) is 0 Å². The molecule has 3 aromatic heterocycles. The molecule has 0 atom stereocenters. The van der Waals surface area contributed by atoms with Crippen molar-refractivity contribution in [2.75, 3.05) is 6.61 Å². The maximum Gasteiger partial charge on any atom is 0.332 e. The molecule has 0 bridgehead atoms. The monoisotopic (exact) mass is 348 g/mol. The summed E-state index contributed by atoms with van der Waals surface area (Å²) in [6.45, 7) is 4.78. The molecule has 3 aromatic rings. The van der Waals surface area contributed by atoms with Crippen LogP contribution in [0.25, 0.3) is 21.5 Å². The Balaban J connectivity index is 2.31. The van der Waals surface area contributed by atoms with Crippen molar-refractivity contribution >= 4 is 27.5 Å². The van der Waals surface area contributed by atoms with E-state index in [1.165, 1.54) is 31.4 Å². The zero-order chi connectivity index (χ0) is 17.5. The van der Waals surface area contributed by atoms with Crippen molar-refractivity contribution in [3.05, 3.63) is 44.6 Å². The molecular formula is C16H16N2O5S. The number of carbonyl (C=O) groups excluding carboxylic acids is 1. The number of aromatic amines is 1. The van der Waals surface area contributed by atoms with Gasteiger partial charge in [-0.3, -0.25) is 9.78 Å². The number of aromatic nitrogens is 2. The number of H-pyrrole nitrogens is 1. The molecule has 0 aliphatic heterocycles. The third kappa shape index (κ3) is 2.39. The second-order valence-electron chi connectivity index (χ2n) is 5.68. The third-order valence-corrected chi connectivity index (χ3v) is 4.65. The van der Waals surface area contributed by atoms with Crippen LogP contribution in [0.15, 0.2) is 37.8 Å². The number of ether oxygens (including phenoxy) is 1. The van der Waals surface area contributed by atoms with Crippen LogP contribution in [0.5, 0.6) is 0 Å². The molecule has 8 heteroatoms. The Morgan fingerprint density at radius 2 is 2.17 bits per heavy atom. The van der Waals surface area contributed by atoms with Gasteiger partial charge in [-0.25, -0.2) is 14.2 Å². The number of nitrogens with zero attached hydrogens (tertiary/aromatic N) is 1. The number of hydrogen-bond donors (Lipinski definition) is 1. The molecule has 0 radical (unpaired) electrons. The van der Waals surface area contributed by atoms with Gasteiger partial charge >= 0.3 is 11.7 Å². The van der Waals surface area contributed by atoms with Crippen LogP contribution in [0.4, 0.5) is 0 Å². The van der Waals surface area contributed by atoms with Crippen molar-refractivity contribution in [3.63, 3.8) is 0 Å². The van der Waals surface area contributed by atoms with E-state index in [0.717, 1.165) is 4.57 Å². The molecule has 0 unspecified atom stereocenters. The van der Waals surface area contributed by atoms with Gasteiger partial charge < -0.3 is 9.15 Å². The first kappa shape index (κ1) is 16.3. The molecule has 0 aromatic carbocycles. The van der Waals surface area contributed by atoms with E-state index in [0.29, 0.717) is 21.5 Å². The molecule has 0 spiro atoms. The van der Waals surface area contributed by atoms with Crippen molar-refractivity contribution in [1.29, 1.82) is 0 Å². The average Bonchev–Trinajstić information content (AvgIpc) is 3.15. The van der Waals surface area contributed by atoms with Gasteiger partial charge in [0.1, 0.15) is 16.1 Å². The lowest BCUT2D eigenvalue weighted by atomic mass is 10.1. The average molecular weight is 348 g/mol. The molecular weight excluding hydrogens is 332 g/mol. The molecule has 126 valence electrons. The van der Waals surface area contributed by atoms with Crippen molar-refractivity contribution in [2.24, 2.45) is 0 Å². The molecule has 24 heavy (non-hydrogen) atoms. The number of rotatable bonds is 4. The SMILES string of the molecule is CCOC(=O)C(C)(C)n1c(=O)[nH]c2scc(-c3ccco3)c2c1=O. The maximum atomic E-state index is 13.0. The molecule has 3 heterocycles. The van der Waals surface area contributed by atoms with Crippen LogP contribution in [0, 0.1) is 0 Å². The fourth-order valence-corrected chi connectivity index (χ4v) is 3.47. The lowest BCUT2D eigenvalue weighted by Crippen LogP contribution is -2.51. The molecule has 0 saturated carbocycles. The summed E-state index contributed by atoms with van der Waals surface area (Å²) < 4.78 is 11.3. The smallest absolute Gasteiger partial charge is 0.332 e. The van der Waals surface area contributed by atoms with Crippen molar-refractivity contribution in [2.45, 2.75) is 26.3 Å². The minimum Gasteiger partial charge on any atom is -0.464 e. The number of nitrogens with one attached hydrogen (secondary N) is 1. The minimum absolute atomic E-state index is 0.160. The Bertz CT molecular complexity index is 1010. The van der Waals surface area contributed by atoms with Gasteiger partial charge in [0.05, 0.1) is 18.3 Å². The molecule has 0 fully saturated rings. The highest BCUT2D eigenvalue weighted by Crippen LogP contribution is 2.30. The van der Waals surface area contributed by atoms with Gasteiger partial charge in [-0.2, -0.15) is 0 Å². The maximum absolute atomic E-state index is 13.0. The minimum atomic E-state index is -1.43. The standard InChI is InChI=1S/C16H16N2O5S/c1-4-22-14(20)16(2,3)18-13(19)11-9(10-6-5-7-23-10)8-24-12(11)17-15(18)21/h5-8H,4H2,1-3H3,(H,17,21). The summed E-state index contributed by atoms with van der Waals surface area (Å²) in [5, 5.41) is 2.05. The Morgan fingerprint density at radius 3 is 2.79 bits per heavy atom. The summed E-state index contributed by atoms with van der Waals surface area (Å²) in [6.07, 6.45) is 1.51. The van der Waals surface area contributed by atoms with E-state index < -0.39 is 22.8 Å². The first-order chi connectivity index (χ1) is 11.4. The number of fused-ring (bicyclic) bond motifs is 1. The van der Waals surface area contributed by atoms with Crippen molar-refractivity contribution in [3.8, 4) is 11.3 Å². The van der Waals surface area contributed by atoms with E-state index in [2.05, 4.69) is 4.98 Å². The number of thiophene rings is 1. The molecule has 7 nitrogen and oxygen atoms in total. The Morgan fingerprint density at radius 1 is 1.42 bits per heavy atom. The summed E-state index contributed by atoms with van der Waals surface area (Å²) in [5.74, 6) is -0.127. The zero-order valence-electron chi connectivity index (χ0n) is 13.4. The first-order valence-corrected chi connectivity index (χ1v) is 8.24. The fourth-order valence-electron chi connectivity index (χ4n) is 2.54. The summed E-state index contributed by atoms with van der Waals surface area (Å²) in [5.41, 5.74) is -2.07. The van der Waals surface area contributed by atoms with E-state index in [9.17, 15) is 14.4 Å². The number of carbonyl (C=O) groups is 1. The van der Waals surface area contributed by atoms with Gasteiger partial charge in [0.15, 0.2) is 0 Å². The lowest BCUT2D eigenvalue weighted by molar-refractivity contribution is -0.152. The van der Waals surface area contributed by atoms with Crippen LogP contribution >= 0.6 is 11.3 Å². The topological polar surface area (TPSA) is 94.3 Å². The van der Waals surface area contributed by atoms with Crippen LogP contribution < -0.4 is 11.2 Å². The van der Waals surface area contributed by atoms with E-state index in [-0.39, 0.29) is 6.61 Å². The van der Waals surface area contributed by atoms with Crippen molar-refractivity contribution in [1.82, 2.24) is 9.55 Å². The number of hydrogen-bond acceptors (Lipinski definition) is 6. The van der Waals surface area contributed by atoms with E-state index in [4.69, 9.17) is 9.15 Å². The van der Waals surface area contributed by atoms with E-state index in [1.54, 1.807) is 24.4 Å². The zero-order valence-corrected chi connectivity index (χ0v) is 14.2. The van der Waals surface area contributed by atoms with Gasteiger partial charge in [-0.1, -0.05) is 0 Å². The third-order valence-electron chi connectivity index (χ3n) is 3.75. The van der Waals surface area contributed by atoms with Crippen LogP contribution in [0.1, 0.15) is 20.8 Å². The Kier molecular flexibility index (Phi) is 3.92. The largest absolute Gasteiger partial charge is 0.464 e. The van der Waals surface area contributed by atoms with Crippen LogP contribution in [-0.4, -0.2) is 22.1 Å². The molecule has 3 rings (SSSR count). The number of furan rings is 1. The highest BCUT2D eigenvalue weighted by molar-refractivity contribution is 7.17. The normalized spacial score (nSPS) is 11.8. The van der Waals surface area contributed by atoms with Crippen LogP contribution in [-0.2, 0) is 15.1 Å². The summed E-state index contributed by atoms with van der Waals surface area (Å²) >= 11 is 1.23. The second-order valence-corrected chi connectivity index (χ2v) is 6.56. The highest BCUT2D eigenvalue weighted by atomic mass is 32.1. The van der Waals surface area contributed by atoms with Gasteiger partial charge in [0, 0.05) is 10.9 Å². The predicted octanol–water partition coefficient (Wildman–Crippen LogP) is 2.31. The highest BCUT2D eigenvalue weighted by Gasteiger charge is 2.35. The van der Waals surface area contributed by atoms with E-state index >= 15 is 0 Å². The molecule has 0 saturated heterocycles. The van der Waals surface area contributed by atoms with Crippen LogP contribution in [0.3, 0.4) is 0 Å². The first-order valence-electron chi connectivity index (χ1n) is 7.36. The van der Waals surface area contributed by atoms with Gasteiger partial charge in [-0.15, -0.1) is 11.3 Å². The quantitative estimate of drug-likeness (QED) is 0.730. The predicted molar refractivity (Wildman–Crippen MR) is 90.4 cm³/mol. The Labute approximate surface area is 140 Å².